The number of hydrogen-bond acceptors (Lipinski definition) is 3. The van der Waals surface area contributed by atoms with E-state index in [0.717, 1.165) is 22.3 Å². The molecule has 124 valence electrons. The van der Waals surface area contributed by atoms with Crippen molar-refractivity contribution in [2.45, 2.75) is 0 Å². The van der Waals surface area contributed by atoms with Crippen LogP contribution >= 0.6 is 0 Å². The summed E-state index contributed by atoms with van der Waals surface area (Å²) in [7, 11) is 0. The summed E-state index contributed by atoms with van der Waals surface area (Å²) >= 11 is 0. The molecule has 0 atom stereocenters. The van der Waals surface area contributed by atoms with Crippen LogP contribution in [0.15, 0.2) is 66.7 Å². The summed E-state index contributed by atoms with van der Waals surface area (Å²) in [5.41, 5.74) is 24.1. The molecule has 3 aromatic carbocycles. The van der Waals surface area contributed by atoms with E-state index in [1.54, 1.807) is 6.07 Å². The average Bonchev–Trinajstić information content (AvgIpc) is 2.63. The van der Waals surface area contributed by atoms with Crippen LogP contribution in [0, 0.1) is 0 Å². The lowest BCUT2D eigenvalue weighted by Crippen LogP contribution is -2.02. The van der Waals surface area contributed by atoms with Crippen molar-refractivity contribution in [3.8, 4) is 0 Å². The molecule has 0 saturated heterocycles. The Bertz CT molecular complexity index is 837. The van der Waals surface area contributed by atoms with E-state index >= 15 is 0 Å². The molecule has 0 saturated carbocycles. The highest BCUT2D eigenvalue weighted by Crippen LogP contribution is 2.32. The van der Waals surface area contributed by atoms with Gasteiger partial charge in [-0.3, -0.25) is 0 Å². The maximum atomic E-state index is 6.35. The van der Waals surface area contributed by atoms with Gasteiger partial charge >= 0.3 is 0 Å². The summed E-state index contributed by atoms with van der Waals surface area (Å²) in [4.78, 5) is 0. The molecule has 0 fully saturated rings. The maximum absolute atomic E-state index is 6.35. The van der Waals surface area contributed by atoms with Crippen LogP contribution < -0.4 is 17.2 Å². The van der Waals surface area contributed by atoms with Crippen molar-refractivity contribution in [2.24, 2.45) is 0 Å². The second-order valence-corrected chi connectivity index (χ2v) is 5.78. The minimum Gasteiger partial charge on any atom is -0.398 e. The predicted octanol–water partition coefficient (Wildman–Crippen LogP) is 4.77. The molecule has 25 heavy (non-hydrogen) atoms. The first-order chi connectivity index (χ1) is 12.1. The zero-order chi connectivity index (χ0) is 17.6. The van der Waals surface area contributed by atoms with Gasteiger partial charge in [0.25, 0.3) is 0 Å². The van der Waals surface area contributed by atoms with E-state index in [0.29, 0.717) is 17.1 Å². The fourth-order valence-corrected chi connectivity index (χ4v) is 2.64. The van der Waals surface area contributed by atoms with Gasteiger partial charge in [-0.1, -0.05) is 85.0 Å². The minimum absolute atomic E-state index is 0.569. The number of anilines is 3. The van der Waals surface area contributed by atoms with Crippen molar-refractivity contribution >= 4 is 41.4 Å². The van der Waals surface area contributed by atoms with Gasteiger partial charge < -0.3 is 17.2 Å². The van der Waals surface area contributed by atoms with Crippen molar-refractivity contribution in [1.82, 2.24) is 0 Å². The Kier molecular flexibility index (Phi) is 4.86. The Morgan fingerprint density at radius 2 is 0.920 bits per heavy atom. The van der Waals surface area contributed by atoms with Crippen LogP contribution in [-0.4, -0.2) is 0 Å². The molecule has 3 nitrogen and oxygen atoms in total. The van der Waals surface area contributed by atoms with Crippen LogP contribution in [0.1, 0.15) is 22.3 Å². The van der Waals surface area contributed by atoms with Crippen LogP contribution in [-0.2, 0) is 0 Å². The SMILES string of the molecule is Nc1cc(N)c(/C=C/c2ccccc2)c(N)c1/C=C\c1ccccc1. The number of hydrogen-bond donors (Lipinski definition) is 3. The quantitative estimate of drug-likeness (QED) is 0.477. The molecule has 0 aromatic heterocycles. The molecule has 0 unspecified atom stereocenters. The minimum atomic E-state index is 0.569. The first-order valence-electron chi connectivity index (χ1n) is 8.09. The van der Waals surface area contributed by atoms with Crippen molar-refractivity contribution in [3.05, 3.63) is 89.0 Å². The third-order valence-electron chi connectivity index (χ3n) is 4.00. The summed E-state index contributed by atoms with van der Waals surface area (Å²) in [5.74, 6) is 0. The molecular formula is C22H21N3. The van der Waals surface area contributed by atoms with Gasteiger partial charge in [-0.15, -0.1) is 0 Å². The Morgan fingerprint density at radius 3 is 1.32 bits per heavy atom. The standard InChI is InChI=1S/C22H21N3/c23-20-15-21(24)19(14-12-17-9-5-2-6-10-17)22(25)18(20)13-11-16-7-3-1-4-8-16/h1-15H,23-25H2/b13-11-,14-12+. The number of nitrogen functional groups attached to an aromatic ring is 3. The van der Waals surface area contributed by atoms with Gasteiger partial charge in [0.2, 0.25) is 0 Å². The van der Waals surface area contributed by atoms with Crippen LogP contribution in [0.2, 0.25) is 0 Å². The van der Waals surface area contributed by atoms with Gasteiger partial charge in [-0.05, 0) is 17.2 Å². The zero-order valence-electron chi connectivity index (χ0n) is 13.9. The normalized spacial score (nSPS) is 11.4. The summed E-state index contributed by atoms with van der Waals surface area (Å²) < 4.78 is 0. The first-order valence-corrected chi connectivity index (χ1v) is 8.09. The maximum Gasteiger partial charge on any atom is 0.0503 e. The van der Waals surface area contributed by atoms with E-state index in [1.165, 1.54) is 0 Å². The second-order valence-electron chi connectivity index (χ2n) is 5.78. The Morgan fingerprint density at radius 1 is 0.520 bits per heavy atom. The van der Waals surface area contributed by atoms with Crippen molar-refractivity contribution in [3.63, 3.8) is 0 Å². The molecule has 0 aliphatic rings. The Balaban J connectivity index is 1.97. The third kappa shape index (κ3) is 3.90. The summed E-state index contributed by atoms with van der Waals surface area (Å²) in [5, 5.41) is 0. The molecule has 0 bridgehead atoms. The van der Waals surface area contributed by atoms with E-state index in [-0.39, 0.29) is 0 Å². The van der Waals surface area contributed by atoms with Gasteiger partial charge in [0.15, 0.2) is 0 Å². The molecule has 0 aliphatic carbocycles. The van der Waals surface area contributed by atoms with E-state index in [1.807, 2.05) is 85.0 Å². The predicted molar refractivity (Wildman–Crippen MR) is 110 cm³/mol. The Labute approximate surface area is 148 Å². The lowest BCUT2D eigenvalue weighted by molar-refractivity contribution is 1.58. The lowest BCUT2D eigenvalue weighted by atomic mass is 10.0. The van der Waals surface area contributed by atoms with Crippen LogP contribution in [0.4, 0.5) is 17.1 Å². The monoisotopic (exact) mass is 327 g/mol. The smallest absolute Gasteiger partial charge is 0.0503 e. The highest BCUT2D eigenvalue weighted by atomic mass is 14.7. The van der Waals surface area contributed by atoms with Crippen LogP contribution in [0.25, 0.3) is 24.3 Å². The van der Waals surface area contributed by atoms with Gasteiger partial charge in [-0.2, -0.15) is 0 Å². The molecule has 3 rings (SSSR count). The van der Waals surface area contributed by atoms with E-state index in [4.69, 9.17) is 17.2 Å². The number of rotatable bonds is 4. The highest BCUT2D eigenvalue weighted by Gasteiger charge is 2.09. The van der Waals surface area contributed by atoms with Crippen molar-refractivity contribution < 1.29 is 0 Å². The van der Waals surface area contributed by atoms with Gasteiger partial charge in [-0.25, -0.2) is 0 Å². The molecule has 0 radical (unpaired) electrons. The summed E-state index contributed by atoms with van der Waals surface area (Å²) in [6.07, 6.45) is 7.84. The fraction of sp³-hybridized carbons (Fsp3) is 0. The summed E-state index contributed by atoms with van der Waals surface area (Å²) in [6, 6.07) is 21.8. The molecule has 0 amide bonds. The zero-order valence-corrected chi connectivity index (χ0v) is 13.9. The third-order valence-corrected chi connectivity index (χ3v) is 4.00. The highest BCUT2D eigenvalue weighted by molar-refractivity contribution is 5.93. The fourth-order valence-electron chi connectivity index (χ4n) is 2.64. The Hall–Kier alpha value is -3.46. The molecule has 0 aliphatic heterocycles. The molecule has 3 heteroatoms. The van der Waals surface area contributed by atoms with Gasteiger partial charge in [0, 0.05) is 22.5 Å². The van der Waals surface area contributed by atoms with Gasteiger partial charge in [0.05, 0.1) is 5.69 Å². The molecule has 0 heterocycles. The van der Waals surface area contributed by atoms with Crippen LogP contribution in [0.3, 0.4) is 0 Å². The molecule has 3 aromatic rings. The van der Waals surface area contributed by atoms with Crippen LogP contribution in [0.5, 0.6) is 0 Å². The second kappa shape index (κ2) is 7.41. The number of benzene rings is 3. The summed E-state index contributed by atoms with van der Waals surface area (Å²) in [6.45, 7) is 0. The van der Waals surface area contributed by atoms with Crippen molar-refractivity contribution in [2.75, 3.05) is 17.2 Å². The lowest BCUT2D eigenvalue weighted by Gasteiger charge is -2.12. The topological polar surface area (TPSA) is 78.1 Å². The van der Waals surface area contributed by atoms with E-state index in [2.05, 4.69) is 0 Å². The van der Waals surface area contributed by atoms with Gasteiger partial charge in [0.1, 0.15) is 0 Å². The first kappa shape index (κ1) is 16.4. The number of nitrogens with two attached hydrogens (primary N) is 3. The van der Waals surface area contributed by atoms with E-state index < -0.39 is 0 Å². The van der Waals surface area contributed by atoms with Crippen molar-refractivity contribution in [1.29, 1.82) is 0 Å². The largest absolute Gasteiger partial charge is 0.398 e. The average molecular weight is 327 g/mol. The van der Waals surface area contributed by atoms with E-state index in [9.17, 15) is 0 Å². The molecule has 0 spiro atoms. The molecular weight excluding hydrogens is 306 g/mol. The molecule has 6 N–H and O–H groups in total.